The number of benzene rings is 3. The summed E-state index contributed by atoms with van der Waals surface area (Å²) in [5, 5.41) is 3.06. The van der Waals surface area contributed by atoms with Crippen molar-refractivity contribution >= 4 is 16.9 Å². The van der Waals surface area contributed by atoms with Crippen molar-refractivity contribution < 1.29 is 14.3 Å². The molecule has 0 bridgehead atoms. The van der Waals surface area contributed by atoms with Crippen LogP contribution in [0, 0.1) is 0 Å². The van der Waals surface area contributed by atoms with Gasteiger partial charge in [-0.3, -0.25) is 4.79 Å². The summed E-state index contributed by atoms with van der Waals surface area (Å²) in [7, 11) is 1.66. The van der Waals surface area contributed by atoms with Gasteiger partial charge in [0.05, 0.1) is 24.8 Å². The molecule has 6 nitrogen and oxygen atoms in total. The van der Waals surface area contributed by atoms with Crippen LogP contribution in [0.2, 0.25) is 0 Å². The maximum Gasteiger partial charge on any atom is 0.220 e. The van der Waals surface area contributed by atoms with E-state index in [-0.39, 0.29) is 5.91 Å². The zero-order valence-electron chi connectivity index (χ0n) is 22.4. The van der Waals surface area contributed by atoms with Crippen LogP contribution in [0.3, 0.4) is 0 Å². The molecule has 0 saturated heterocycles. The van der Waals surface area contributed by atoms with Crippen molar-refractivity contribution in [3.05, 3.63) is 90.3 Å². The van der Waals surface area contributed by atoms with Crippen LogP contribution < -0.4 is 14.8 Å². The van der Waals surface area contributed by atoms with E-state index in [0.29, 0.717) is 13.0 Å². The number of nitrogens with one attached hydrogen (secondary N) is 1. The van der Waals surface area contributed by atoms with E-state index in [1.165, 1.54) is 11.1 Å². The van der Waals surface area contributed by atoms with Gasteiger partial charge in [-0.25, -0.2) is 4.98 Å². The summed E-state index contributed by atoms with van der Waals surface area (Å²) in [4.78, 5) is 17.1. The Bertz CT molecular complexity index is 1270. The Balaban J connectivity index is 1.18. The number of para-hydroxylation sites is 4. The molecule has 0 aliphatic rings. The van der Waals surface area contributed by atoms with Crippen LogP contribution in [0.15, 0.2) is 78.9 Å². The quantitative estimate of drug-likeness (QED) is 0.177. The minimum absolute atomic E-state index is 0.130. The van der Waals surface area contributed by atoms with E-state index in [1.807, 2.05) is 48.5 Å². The molecule has 1 N–H and O–H groups in total. The predicted molar refractivity (Wildman–Crippen MR) is 153 cm³/mol. The van der Waals surface area contributed by atoms with Gasteiger partial charge in [-0.15, -0.1) is 0 Å². The number of carbonyl (C=O) groups excluding carboxylic acids is 1. The van der Waals surface area contributed by atoms with E-state index >= 15 is 0 Å². The molecule has 0 unspecified atom stereocenters. The van der Waals surface area contributed by atoms with E-state index in [0.717, 1.165) is 80.9 Å². The smallest absolute Gasteiger partial charge is 0.220 e. The maximum absolute atomic E-state index is 12.1. The number of aryl methyl sites for hydroxylation is 3. The van der Waals surface area contributed by atoms with Crippen LogP contribution >= 0.6 is 0 Å². The number of imidazole rings is 1. The molecular weight excluding hydrogens is 474 g/mol. The predicted octanol–water partition coefficient (Wildman–Crippen LogP) is 6.37. The van der Waals surface area contributed by atoms with Gasteiger partial charge in [0, 0.05) is 25.9 Å². The summed E-state index contributed by atoms with van der Waals surface area (Å²) in [5.41, 5.74) is 3.45. The molecule has 0 aliphatic heterocycles. The monoisotopic (exact) mass is 513 g/mol. The van der Waals surface area contributed by atoms with Crippen molar-refractivity contribution in [2.45, 2.75) is 57.9 Å². The first kappa shape index (κ1) is 27.2. The van der Waals surface area contributed by atoms with E-state index in [1.54, 1.807) is 7.11 Å². The lowest BCUT2D eigenvalue weighted by molar-refractivity contribution is -0.121. The molecule has 0 spiro atoms. The lowest BCUT2D eigenvalue weighted by atomic mass is 10.1. The molecule has 0 radical (unpaired) electrons. The normalized spacial score (nSPS) is 11.0. The molecule has 4 rings (SSSR count). The van der Waals surface area contributed by atoms with Crippen molar-refractivity contribution in [1.29, 1.82) is 0 Å². The molecule has 6 heteroatoms. The highest BCUT2D eigenvalue weighted by molar-refractivity contribution is 5.76. The van der Waals surface area contributed by atoms with Crippen LogP contribution in [0.4, 0.5) is 0 Å². The molecule has 3 aromatic carbocycles. The molecule has 1 aromatic heterocycles. The number of ether oxygens (including phenoxy) is 2. The first-order chi connectivity index (χ1) is 18.7. The minimum atomic E-state index is 0.130. The number of amides is 1. The number of aromatic nitrogens is 2. The largest absolute Gasteiger partial charge is 0.493 e. The number of fused-ring (bicyclic) bond motifs is 1. The molecule has 1 heterocycles. The van der Waals surface area contributed by atoms with Gasteiger partial charge in [0.2, 0.25) is 5.91 Å². The molecule has 0 aliphatic carbocycles. The first-order valence-electron chi connectivity index (χ1n) is 13.7. The highest BCUT2D eigenvalue weighted by Gasteiger charge is 2.10. The zero-order chi connectivity index (χ0) is 26.4. The second-order valence-electron chi connectivity index (χ2n) is 9.52. The van der Waals surface area contributed by atoms with Gasteiger partial charge in [-0.1, -0.05) is 61.0 Å². The summed E-state index contributed by atoms with van der Waals surface area (Å²) >= 11 is 0. The van der Waals surface area contributed by atoms with Gasteiger partial charge in [0.15, 0.2) is 11.5 Å². The Morgan fingerprint density at radius 2 is 1.58 bits per heavy atom. The molecule has 0 saturated carbocycles. The number of hydrogen-bond acceptors (Lipinski definition) is 4. The summed E-state index contributed by atoms with van der Waals surface area (Å²) in [6.45, 7) is 2.30. The molecular formula is C32H39N3O3. The first-order valence-corrected chi connectivity index (χ1v) is 13.7. The number of methoxy groups -OCH3 is 1. The molecule has 38 heavy (non-hydrogen) atoms. The highest BCUT2D eigenvalue weighted by atomic mass is 16.5. The van der Waals surface area contributed by atoms with Gasteiger partial charge in [0.25, 0.3) is 0 Å². The summed E-state index contributed by atoms with van der Waals surface area (Å²) in [5.74, 6) is 2.83. The van der Waals surface area contributed by atoms with Crippen LogP contribution in [0.5, 0.6) is 11.5 Å². The van der Waals surface area contributed by atoms with E-state index in [2.05, 4.69) is 40.2 Å². The molecule has 0 fully saturated rings. The van der Waals surface area contributed by atoms with Gasteiger partial charge in [-0.05, 0) is 61.9 Å². The summed E-state index contributed by atoms with van der Waals surface area (Å²) < 4.78 is 13.7. The van der Waals surface area contributed by atoms with E-state index < -0.39 is 0 Å². The fourth-order valence-electron chi connectivity index (χ4n) is 4.66. The van der Waals surface area contributed by atoms with Gasteiger partial charge in [0.1, 0.15) is 5.82 Å². The van der Waals surface area contributed by atoms with Crippen molar-refractivity contribution in [2.75, 3.05) is 20.3 Å². The van der Waals surface area contributed by atoms with Crippen molar-refractivity contribution in [1.82, 2.24) is 14.9 Å². The zero-order valence-corrected chi connectivity index (χ0v) is 22.4. The molecule has 200 valence electrons. The molecule has 1 amide bonds. The fraction of sp³-hybridized carbons (Fsp3) is 0.375. The summed E-state index contributed by atoms with van der Waals surface area (Å²) in [6.07, 6.45) is 7.33. The molecule has 0 atom stereocenters. The van der Waals surface area contributed by atoms with Crippen LogP contribution in [0.1, 0.15) is 49.9 Å². The third kappa shape index (κ3) is 8.10. The lowest BCUT2D eigenvalue weighted by Gasteiger charge is -2.12. The van der Waals surface area contributed by atoms with E-state index in [9.17, 15) is 4.79 Å². The number of hydrogen-bond donors (Lipinski definition) is 1. The number of unbranched alkanes of at least 4 members (excludes halogenated alkanes) is 3. The van der Waals surface area contributed by atoms with Crippen molar-refractivity contribution in [3.8, 4) is 11.5 Å². The third-order valence-electron chi connectivity index (χ3n) is 6.72. The Morgan fingerprint density at radius 1 is 0.816 bits per heavy atom. The lowest BCUT2D eigenvalue weighted by Crippen LogP contribution is -2.24. The Kier molecular flexibility index (Phi) is 10.6. The van der Waals surface area contributed by atoms with Crippen LogP contribution in [0.25, 0.3) is 11.0 Å². The maximum atomic E-state index is 12.1. The Hall–Kier alpha value is -3.80. The standard InChI is InChI=1S/C32H39N3O3/c1-37-29-18-9-10-19-30(29)38-25-13-12-24-35-28-17-8-7-16-27(28)34-31(35)20-6-3-11-23-33-32(36)22-21-26-14-4-2-5-15-26/h2,4-5,7-10,14-19H,3,6,11-13,20-25H2,1H3,(H,33,36). The highest BCUT2D eigenvalue weighted by Crippen LogP contribution is 2.26. The van der Waals surface area contributed by atoms with Gasteiger partial charge < -0.3 is 19.4 Å². The SMILES string of the molecule is COc1ccccc1OCCCCn1c(CCCCCNC(=O)CCc2ccccc2)nc2ccccc21. The minimum Gasteiger partial charge on any atom is -0.493 e. The van der Waals surface area contributed by atoms with Crippen LogP contribution in [-0.4, -0.2) is 35.7 Å². The second kappa shape index (κ2) is 14.8. The molecule has 4 aromatic rings. The van der Waals surface area contributed by atoms with Gasteiger partial charge >= 0.3 is 0 Å². The average molecular weight is 514 g/mol. The van der Waals surface area contributed by atoms with Crippen LogP contribution in [-0.2, 0) is 24.2 Å². The van der Waals surface area contributed by atoms with Crippen molar-refractivity contribution in [2.24, 2.45) is 0 Å². The van der Waals surface area contributed by atoms with Crippen molar-refractivity contribution in [3.63, 3.8) is 0 Å². The number of nitrogens with zero attached hydrogens (tertiary/aromatic N) is 2. The summed E-state index contributed by atoms with van der Waals surface area (Å²) in [6, 6.07) is 26.3. The number of rotatable bonds is 16. The fourth-order valence-corrected chi connectivity index (χ4v) is 4.66. The average Bonchev–Trinajstić information content (AvgIpc) is 3.31. The Morgan fingerprint density at radius 3 is 2.42 bits per heavy atom. The third-order valence-corrected chi connectivity index (χ3v) is 6.72. The topological polar surface area (TPSA) is 65.4 Å². The van der Waals surface area contributed by atoms with E-state index in [4.69, 9.17) is 14.5 Å². The van der Waals surface area contributed by atoms with Gasteiger partial charge in [-0.2, -0.15) is 0 Å². The Labute approximate surface area is 226 Å². The number of carbonyl (C=O) groups is 1. The second-order valence-corrected chi connectivity index (χ2v) is 9.52.